The highest BCUT2D eigenvalue weighted by molar-refractivity contribution is 7.11. The molecule has 1 aromatic heterocycles. The van der Waals surface area contributed by atoms with Gasteiger partial charge in [0.2, 0.25) is 5.91 Å². The number of nitrogens with zero attached hydrogens (tertiary/aromatic N) is 3. The lowest BCUT2D eigenvalue weighted by molar-refractivity contribution is -0.137. The quantitative estimate of drug-likeness (QED) is 0.801. The predicted molar refractivity (Wildman–Crippen MR) is 100 cm³/mol. The van der Waals surface area contributed by atoms with E-state index < -0.39 is 17.6 Å². The van der Waals surface area contributed by atoms with Crippen LogP contribution in [-0.2, 0) is 11.0 Å². The number of nitrogens with one attached hydrogen (secondary N) is 1. The molecule has 1 saturated heterocycles. The van der Waals surface area contributed by atoms with Crippen molar-refractivity contribution in [3.8, 4) is 0 Å². The second kappa shape index (κ2) is 7.79. The first-order valence-electron chi connectivity index (χ1n) is 9.42. The topological polar surface area (TPSA) is 58.1 Å². The summed E-state index contributed by atoms with van der Waals surface area (Å²) >= 11 is 1.70. The van der Waals surface area contributed by atoms with E-state index in [9.17, 15) is 18.0 Å². The Balaban J connectivity index is 1.29. The molecule has 1 saturated carbocycles. The molecule has 5 nitrogen and oxygen atoms in total. The second-order valence-corrected chi connectivity index (χ2v) is 8.44. The monoisotopic (exact) mass is 410 g/mol. The molecule has 150 valence electrons. The van der Waals surface area contributed by atoms with E-state index in [0.29, 0.717) is 11.8 Å². The van der Waals surface area contributed by atoms with E-state index in [2.05, 4.69) is 15.5 Å². The van der Waals surface area contributed by atoms with Gasteiger partial charge >= 0.3 is 6.18 Å². The minimum atomic E-state index is -4.50. The fourth-order valence-electron chi connectivity index (χ4n) is 3.48. The number of amides is 1. The van der Waals surface area contributed by atoms with Gasteiger partial charge in [0.05, 0.1) is 17.8 Å². The number of para-hydroxylation sites is 1. The van der Waals surface area contributed by atoms with Crippen molar-refractivity contribution < 1.29 is 18.0 Å². The summed E-state index contributed by atoms with van der Waals surface area (Å²) in [6.45, 7) is 1.52. The van der Waals surface area contributed by atoms with Crippen molar-refractivity contribution in [2.45, 2.75) is 43.7 Å². The van der Waals surface area contributed by atoms with Gasteiger partial charge in [-0.05, 0) is 50.9 Å². The average Bonchev–Trinajstić information content (AvgIpc) is 3.39. The number of aromatic nitrogens is 2. The number of anilines is 1. The molecule has 1 amide bonds. The lowest BCUT2D eigenvalue weighted by Crippen LogP contribution is -2.39. The summed E-state index contributed by atoms with van der Waals surface area (Å²) < 4.78 is 39.1. The zero-order valence-electron chi connectivity index (χ0n) is 15.2. The highest BCUT2D eigenvalue weighted by Gasteiger charge is 2.34. The van der Waals surface area contributed by atoms with Crippen LogP contribution in [-0.4, -0.2) is 40.6 Å². The van der Waals surface area contributed by atoms with Crippen LogP contribution in [0.4, 0.5) is 18.9 Å². The Bertz CT molecular complexity index is 842. The second-order valence-electron chi connectivity index (χ2n) is 7.39. The summed E-state index contributed by atoms with van der Waals surface area (Å²) in [7, 11) is 0. The molecule has 0 spiro atoms. The number of hydrogen-bond donors (Lipinski definition) is 1. The Morgan fingerprint density at radius 3 is 2.29 bits per heavy atom. The zero-order valence-corrected chi connectivity index (χ0v) is 16.0. The van der Waals surface area contributed by atoms with Gasteiger partial charge in [-0.25, -0.2) is 0 Å². The Morgan fingerprint density at radius 2 is 1.68 bits per heavy atom. The molecular formula is C19H21F3N4OS. The van der Waals surface area contributed by atoms with Crippen LogP contribution >= 0.6 is 11.3 Å². The molecule has 2 aliphatic rings. The van der Waals surface area contributed by atoms with Gasteiger partial charge in [-0.15, -0.1) is 21.5 Å². The molecular weight excluding hydrogens is 389 g/mol. The molecule has 28 heavy (non-hydrogen) atoms. The van der Waals surface area contributed by atoms with Crippen LogP contribution in [0.2, 0.25) is 0 Å². The van der Waals surface area contributed by atoms with Crippen molar-refractivity contribution in [2.75, 3.05) is 25.0 Å². The highest BCUT2D eigenvalue weighted by atomic mass is 32.1. The van der Waals surface area contributed by atoms with Crippen molar-refractivity contribution in [3.63, 3.8) is 0 Å². The number of carbonyl (C=O) groups is 1. The Labute approximate surface area is 165 Å². The number of alkyl halides is 3. The number of benzene rings is 1. The minimum absolute atomic E-state index is 0.0857. The van der Waals surface area contributed by atoms with Crippen molar-refractivity contribution in [1.29, 1.82) is 0 Å². The number of piperidine rings is 1. The summed E-state index contributed by atoms with van der Waals surface area (Å²) in [5, 5.41) is 13.3. The van der Waals surface area contributed by atoms with E-state index in [4.69, 9.17) is 0 Å². The normalized spacial score (nSPS) is 19.0. The summed E-state index contributed by atoms with van der Waals surface area (Å²) in [6, 6.07) is 5.04. The molecule has 2 aromatic rings. The van der Waals surface area contributed by atoms with Crippen LogP contribution in [0.5, 0.6) is 0 Å². The van der Waals surface area contributed by atoms with E-state index in [1.807, 2.05) is 4.90 Å². The van der Waals surface area contributed by atoms with Crippen LogP contribution in [0, 0.1) is 0 Å². The van der Waals surface area contributed by atoms with Gasteiger partial charge in [-0.1, -0.05) is 12.1 Å². The van der Waals surface area contributed by atoms with Crippen LogP contribution in [0.1, 0.15) is 53.1 Å². The van der Waals surface area contributed by atoms with E-state index in [1.54, 1.807) is 11.3 Å². The molecule has 9 heteroatoms. The van der Waals surface area contributed by atoms with E-state index in [0.717, 1.165) is 42.0 Å². The van der Waals surface area contributed by atoms with Gasteiger partial charge in [0, 0.05) is 11.8 Å². The SMILES string of the molecule is O=C(CN1CCC(c2nnc(C3CC3)s2)CC1)Nc1ccccc1C(F)(F)F. The number of likely N-dealkylation sites (tertiary alicyclic amines) is 1. The Kier molecular flexibility index (Phi) is 5.37. The van der Waals surface area contributed by atoms with Gasteiger partial charge in [-0.3, -0.25) is 9.69 Å². The first kappa shape index (κ1) is 19.3. The molecule has 0 atom stereocenters. The average molecular weight is 410 g/mol. The minimum Gasteiger partial charge on any atom is -0.324 e. The maximum atomic E-state index is 13.0. The molecule has 0 bridgehead atoms. The number of rotatable bonds is 5. The van der Waals surface area contributed by atoms with Gasteiger partial charge in [0.1, 0.15) is 10.0 Å². The third-order valence-electron chi connectivity index (χ3n) is 5.19. The lowest BCUT2D eigenvalue weighted by Gasteiger charge is -2.30. The first-order chi connectivity index (χ1) is 13.4. The summed E-state index contributed by atoms with van der Waals surface area (Å²) in [5.74, 6) is 0.534. The predicted octanol–water partition coefficient (Wildman–Crippen LogP) is 4.25. The Hall–Kier alpha value is -2.00. The fourth-order valence-corrected chi connectivity index (χ4v) is 4.66. The maximum absolute atomic E-state index is 13.0. The summed E-state index contributed by atoms with van der Waals surface area (Å²) in [4.78, 5) is 14.2. The Morgan fingerprint density at radius 1 is 1.07 bits per heavy atom. The van der Waals surface area contributed by atoms with Crippen LogP contribution in [0.15, 0.2) is 24.3 Å². The van der Waals surface area contributed by atoms with Crippen molar-refractivity contribution in [2.24, 2.45) is 0 Å². The van der Waals surface area contributed by atoms with Crippen molar-refractivity contribution in [3.05, 3.63) is 39.8 Å². The van der Waals surface area contributed by atoms with Gasteiger partial charge in [-0.2, -0.15) is 13.2 Å². The third kappa shape index (κ3) is 4.52. The zero-order chi connectivity index (χ0) is 19.7. The maximum Gasteiger partial charge on any atom is 0.418 e. The molecule has 1 aromatic carbocycles. The highest BCUT2D eigenvalue weighted by Crippen LogP contribution is 2.43. The van der Waals surface area contributed by atoms with E-state index in [-0.39, 0.29) is 12.2 Å². The smallest absolute Gasteiger partial charge is 0.324 e. The van der Waals surface area contributed by atoms with Crippen molar-refractivity contribution in [1.82, 2.24) is 15.1 Å². The van der Waals surface area contributed by atoms with Crippen LogP contribution in [0.25, 0.3) is 0 Å². The fraction of sp³-hybridized carbons (Fsp3) is 0.526. The van der Waals surface area contributed by atoms with Crippen LogP contribution in [0.3, 0.4) is 0 Å². The molecule has 0 unspecified atom stereocenters. The molecule has 1 N–H and O–H groups in total. The number of halogens is 3. The molecule has 2 fully saturated rings. The van der Waals surface area contributed by atoms with E-state index in [1.165, 1.54) is 31.0 Å². The number of carbonyl (C=O) groups excluding carboxylic acids is 1. The number of hydrogen-bond acceptors (Lipinski definition) is 5. The van der Waals surface area contributed by atoms with Gasteiger partial charge in [0.25, 0.3) is 0 Å². The van der Waals surface area contributed by atoms with Crippen molar-refractivity contribution >= 4 is 22.9 Å². The summed E-state index contributed by atoms with van der Waals surface area (Å²) in [6.07, 6.45) is -0.319. The lowest BCUT2D eigenvalue weighted by atomic mass is 9.98. The molecule has 1 aliphatic carbocycles. The third-order valence-corrected chi connectivity index (χ3v) is 6.44. The molecule has 2 heterocycles. The van der Waals surface area contributed by atoms with Gasteiger partial charge in [0.15, 0.2) is 0 Å². The van der Waals surface area contributed by atoms with E-state index >= 15 is 0 Å². The van der Waals surface area contributed by atoms with Crippen LogP contribution < -0.4 is 5.32 Å². The standard InChI is InChI=1S/C19H21F3N4OS/c20-19(21,22)14-3-1-2-4-15(14)23-16(27)11-26-9-7-13(8-10-26)18-25-24-17(28-18)12-5-6-12/h1-4,12-13H,5-11H2,(H,23,27). The van der Waals surface area contributed by atoms with Gasteiger partial charge < -0.3 is 5.32 Å². The summed E-state index contributed by atoms with van der Waals surface area (Å²) in [5.41, 5.74) is -1.03. The first-order valence-corrected chi connectivity index (χ1v) is 10.2. The molecule has 1 aliphatic heterocycles. The molecule has 4 rings (SSSR count). The molecule has 0 radical (unpaired) electrons. The largest absolute Gasteiger partial charge is 0.418 e.